The van der Waals surface area contributed by atoms with E-state index in [0.717, 1.165) is 32.9 Å². The van der Waals surface area contributed by atoms with E-state index in [1.165, 1.54) is 18.2 Å². The summed E-state index contributed by atoms with van der Waals surface area (Å²) in [6, 6.07) is 5.70. The number of nitrogens with two attached hydrogens (primary N) is 1. The number of ether oxygens (including phenoxy) is 5. The van der Waals surface area contributed by atoms with Gasteiger partial charge in [-0.2, -0.15) is 4.98 Å². The summed E-state index contributed by atoms with van der Waals surface area (Å²) in [5.74, 6) is -6.33. The summed E-state index contributed by atoms with van der Waals surface area (Å²) >= 11 is 2.28. The number of carboxylic acid groups (broad SMARTS) is 2. The van der Waals surface area contributed by atoms with Gasteiger partial charge in [-0.3, -0.25) is 42.9 Å². The molecule has 26 nitrogen and oxygen atoms in total. The predicted octanol–water partition coefficient (Wildman–Crippen LogP) is 2.44. The molecule has 0 spiro atoms. The number of anilines is 2. The number of phosphoric acid groups is 1. The molecule has 2 aliphatic rings. The van der Waals surface area contributed by atoms with E-state index >= 15 is 0 Å². The number of nitrogens with zero attached hydrogens (tertiary/aromatic N) is 2. The number of nitrogen functional groups attached to an aromatic ring is 1. The molecular formula is C42H54Fm2N7O19PS2. The number of likely N-dealkylation sites (N-methyl/N-ethyl adjacent to an activating group) is 1. The molecule has 2 aromatic heterocycles. The molecule has 2 atom stereocenters. The van der Waals surface area contributed by atoms with E-state index in [1.807, 2.05) is 7.05 Å². The van der Waals surface area contributed by atoms with Crippen LogP contribution in [-0.4, -0.2) is 146 Å². The smallest absolute Gasteiger partial charge is 0.481 e. The molecule has 3 aromatic rings. The maximum absolute atomic E-state index is 13.8. The number of phosphoric ester groups is 1. The minimum Gasteiger partial charge on any atom is -0.481 e. The minimum atomic E-state index is -4.16. The number of thioether (sulfide) groups is 1. The number of benzene rings is 1. The molecule has 2 aliphatic heterocycles. The van der Waals surface area contributed by atoms with Crippen molar-refractivity contribution in [2.24, 2.45) is 0 Å². The van der Waals surface area contributed by atoms with Gasteiger partial charge >= 0.3 is 37.8 Å². The SMILES string of the molecule is CNCCOCCOCCNC(=O)CCC(NC(=O)c1ccc(CCC2CN(C(=O)OCc3ccc(OP4(=O)OCCCO4)c(C(=O)OCOC(=O)CCC(=O)O)c3)c3nc(N)[nH]c(=O)c3S2)s1)C(=O)O.[Fm].[Fm]. The predicted molar refractivity (Wildman–Crippen MR) is 250 cm³/mol. The molecule has 4 heterocycles. The van der Waals surface area contributed by atoms with Gasteiger partial charge in [-0.1, -0.05) is 6.07 Å². The van der Waals surface area contributed by atoms with Crippen molar-refractivity contribution in [2.45, 2.75) is 67.7 Å². The van der Waals surface area contributed by atoms with Crippen LogP contribution in [0.3, 0.4) is 0 Å². The van der Waals surface area contributed by atoms with Gasteiger partial charge in [0.25, 0.3) is 11.5 Å². The van der Waals surface area contributed by atoms with Crippen molar-refractivity contribution in [1.29, 1.82) is 0 Å². The number of carbonyl (C=O) groups excluding carboxylic acids is 5. The van der Waals surface area contributed by atoms with Gasteiger partial charge in [0, 0.05) is 36.2 Å². The minimum absolute atomic E-state index is 0. The van der Waals surface area contributed by atoms with Crippen molar-refractivity contribution in [3.8, 4) is 5.75 Å². The fourth-order valence-electron chi connectivity index (χ4n) is 6.37. The van der Waals surface area contributed by atoms with Crippen molar-refractivity contribution in [1.82, 2.24) is 25.9 Å². The van der Waals surface area contributed by atoms with Crippen molar-refractivity contribution >= 4 is 84.5 Å². The van der Waals surface area contributed by atoms with E-state index in [4.69, 9.17) is 48.1 Å². The third-order valence-electron chi connectivity index (χ3n) is 9.90. The Morgan fingerprint density at radius 3 is 2.38 bits per heavy atom. The average molecular weight is 1570 g/mol. The molecule has 1 fully saturated rings. The van der Waals surface area contributed by atoms with Crippen LogP contribution >= 0.6 is 30.9 Å². The van der Waals surface area contributed by atoms with Crippen molar-refractivity contribution in [3.63, 3.8) is 0 Å². The summed E-state index contributed by atoms with van der Waals surface area (Å²) in [5, 5.41) is 26.2. The Kier molecular flexibility index (Phi) is 23.7. The number of thiophene rings is 1. The number of aromatic nitrogens is 2. The van der Waals surface area contributed by atoms with Crippen LogP contribution in [-0.2, 0) is 69.5 Å². The van der Waals surface area contributed by atoms with Crippen LogP contribution in [0.5, 0.6) is 5.75 Å². The van der Waals surface area contributed by atoms with E-state index in [1.54, 1.807) is 12.1 Å². The number of H-pyrrole nitrogens is 1. The Morgan fingerprint density at radius 1 is 0.959 bits per heavy atom. The summed E-state index contributed by atoms with van der Waals surface area (Å²) in [4.78, 5) is 109. The number of esters is 2. The third kappa shape index (κ3) is 18.9. The van der Waals surface area contributed by atoms with Crippen molar-refractivity contribution in [2.75, 3.05) is 83.7 Å². The third-order valence-corrected chi connectivity index (χ3v) is 13.8. The first-order valence-corrected chi connectivity index (χ1v) is 25.2. The zero-order valence-electron chi connectivity index (χ0n) is 38.9. The fourth-order valence-corrected chi connectivity index (χ4v) is 9.79. The Labute approximate surface area is 413 Å². The van der Waals surface area contributed by atoms with Crippen LogP contribution in [0.2, 0.25) is 0 Å². The number of carboxylic acids is 2. The van der Waals surface area contributed by atoms with Crippen molar-refractivity contribution < 1.29 is 85.6 Å². The standard InChI is InChI=1S/C42H54N7O19PS2.2Fm/c1-44-13-17-61-19-20-62-18-14-45-32(50)10-7-29(39(56)57)46-37(54)31-9-6-26(70-31)4-5-27-22-49(36-35(71-27)38(55)48-41(43)47-36)42(59)63-23-25-3-8-30(68-69(60)66-15-2-16-67-69)28(21-25)40(58)65-24-64-34(53)12-11-33(51)52;;/h3,6,8-9,21,27,29,44H,2,4-5,7,10-20,22-24H2,1H3,(H,45,50)(H,46,54)(H,51,52)(H,56,57)(H3,43,47,48,55);;. The van der Waals surface area contributed by atoms with Gasteiger partial charge in [0.2, 0.25) is 18.6 Å². The second-order valence-corrected chi connectivity index (χ2v) is 19.3. The number of aryl methyl sites for hydroxylation is 1. The number of carbonyl (C=O) groups is 7. The molecule has 0 aliphatic carbocycles. The first-order chi connectivity index (χ1) is 34.0. The van der Waals surface area contributed by atoms with E-state index in [2.05, 4.69) is 25.9 Å². The Balaban J connectivity index is 0.00000703. The van der Waals surface area contributed by atoms with Gasteiger partial charge in [-0.15, -0.1) is 23.1 Å². The summed E-state index contributed by atoms with van der Waals surface area (Å²) in [5.41, 5.74) is 5.07. The van der Waals surface area contributed by atoms with Crippen LogP contribution in [0.15, 0.2) is 40.0 Å². The number of aliphatic carboxylic acids is 2. The quantitative estimate of drug-likeness (QED) is 0.0238. The Hall–Kier alpha value is -8.13. The number of fused-ring (bicyclic) bond motifs is 1. The molecule has 1 saturated heterocycles. The van der Waals surface area contributed by atoms with Gasteiger partial charge in [0.15, 0.2) is 5.82 Å². The average Bonchev–Trinajstić information content (AvgIpc) is 3.82. The monoisotopic (exact) mass is 1570 g/mol. The number of rotatable bonds is 28. The second-order valence-electron chi connectivity index (χ2n) is 15.2. The Morgan fingerprint density at radius 2 is 1.68 bits per heavy atom. The molecule has 412 valence electrons. The molecule has 5 rings (SSSR count). The van der Waals surface area contributed by atoms with Crippen LogP contribution in [0.4, 0.5) is 16.6 Å². The number of aromatic amines is 1. The molecule has 2 unspecified atom stereocenters. The fraction of sp³-hybridized carbons (Fsp3) is 0.500. The number of nitrogens with one attached hydrogen (secondary N) is 4. The molecular weight excluding hydrogens is 1520 g/mol. The van der Waals surface area contributed by atoms with Crippen molar-refractivity contribution in [3.05, 3.63) is 61.6 Å². The maximum atomic E-state index is 13.8. The summed E-state index contributed by atoms with van der Waals surface area (Å²) in [6.45, 7) is 1.18. The molecule has 8 N–H and O–H groups in total. The van der Waals surface area contributed by atoms with E-state index in [0.29, 0.717) is 45.6 Å². The summed E-state index contributed by atoms with van der Waals surface area (Å²) in [6.07, 6.45) is -1.07. The van der Waals surface area contributed by atoms with Crippen LogP contribution in [0.25, 0.3) is 0 Å². The molecule has 0 bridgehead atoms. The Bertz CT molecular complexity index is 2480. The maximum Gasteiger partial charge on any atom is 0.530 e. The second kappa shape index (κ2) is 29.3. The zero-order chi connectivity index (χ0) is 51.3. The first kappa shape index (κ1) is 59.2. The molecule has 31 heteroatoms. The molecule has 0 saturated carbocycles. The van der Waals surface area contributed by atoms with E-state index in [9.17, 15) is 48.0 Å². The van der Waals surface area contributed by atoms with Crippen LogP contribution < -0.4 is 36.7 Å². The molecule has 0 radical (unpaired) electrons. The van der Waals surface area contributed by atoms with Gasteiger partial charge in [0.05, 0.1) is 57.4 Å². The number of hydrogen-bond donors (Lipinski definition) is 7. The van der Waals surface area contributed by atoms with Crippen LogP contribution in [0, 0.1) is 0 Å². The van der Waals surface area contributed by atoms with Gasteiger partial charge in [-0.05, 0) is 62.6 Å². The molecule has 1 aromatic carbocycles. The first-order valence-electron chi connectivity index (χ1n) is 22.0. The summed E-state index contributed by atoms with van der Waals surface area (Å²) < 4.78 is 55.1. The van der Waals surface area contributed by atoms with Gasteiger partial charge in [0.1, 0.15) is 28.9 Å². The number of amides is 3. The normalized spacial score (nSPS) is 15.0. The van der Waals surface area contributed by atoms with E-state index < -0.39 is 92.7 Å². The van der Waals surface area contributed by atoms with Gasteiger partial charge < -0.3 is 60.1 Å². The van der Waals surface area contributed by atoms with E-state index in [-0.39, 0.29) is 84.2 Å². The largest absolute Gasteiger partial charge is 0.530 e. The number of hydrogen-bond acceptors (Lipinski definition) is 22. The zero-order valence-corrected chi connectivity index (χ0v) is 46.3. The molecule has 3 amide bonds. The summed E-state index contributed by atoms with van der Waals surface area (Å²) in [7, 11) is -2.35. The topological polar surface area (TPSA) is 362 Å². The molecule has 73 heavy (non-hydrogen) atoms. The van der Waals surface area contributed by atoms with Crippen LogP contribution in [0.1, 0.15) is 69.0 Å². The van der Waals surface area contributed by atoms with Gasteiger partial charge in [-0.25, -0.2) is 18.9 Å².